The third kappa shape index (κ3) is 7.26. The lowest BCUT2D eigenvalue weighted by Crippen LogP contribution is -2.41. The number of para-hydroxylation sites is 1. The fraction of sp³-hybridized carbons (Fsp3) is 0.333. The number of fused-ring (bicyclic) bond motifs is 1. The normalized spacial score (nSPS) is 15.8. The van der Waals surface area contributed by atoms with Crippen molar-refractivity contribution in [2.45, 2.75) is 19.4 Å². The molecule has 0 saturated carbocycles. The predicted molar refractivity (Wildman–Crippen MR) is 132 cm³/mol. The number of Topliss-reactive ketones (excluding diaryl/α,β-unsaturated/α-hetero) is 1. The molecule has 2 aliphatic heterocycles. The van der Waals surface area contributed by atoms with E-state index in [1.807, 2.05) is 53.4 Å². The second-order valence-electron chi connectivity index (χ2n) is 8.70. The molecule has 0 atom stereocenters. The number of methoxy groups -OCH3 is 1. The van der Waals surface area contributed by atoms with Crippen molar-refractivity contribution in [3.63, 3.8) is 0 Å². The van der Waals surface area contributed by atoms with Crippen LogP contribution in [0, 0.1) is 5.92 Å². The number of carboxylic acids is 2. The quantitative estimate of drug-likeness (QED) is 0.424. The lowest BCUT2D eigenvalue weighted by Gasteiger charge is -2.33. The molecule has 2 aromatic carbocycles. The van der Waals surface area contributed by atoms with E-state index >= 15 is 0 Å². The number of piperidine rings is 1. The lowest BCUT2D eigenvalue weighted by molar-refractivity contribution is -0.134. The molecule has 1 amide bonds. The van der Waals surface area contributed by atoms with Crippen LogP contribution in [0.5, 0.6) is 5.75 Å². The maximum Gasteiger partial charge on any atom is 0.328 e. The summed E-state index contributed by atoms with van der Waals surface area (Å²) in [6.45, 7) is 3.73. The summed E-state index contributed by atoms with van der Waals surface area (Å²) in [4.78, 5) is 48.5. The first-order valence-electron chi connectivity index (χ1n) is 11.7. The number of benzene rings is 2. The molecule has 0 aromatic heterocycles. The van der Waals surface area contributed by atoms with E-state index in [2.05, 4.69) is 4.90 Å². The Kier molecular flexibility index (Phi) is 9.35. The molecule has 2 heterocycles. The number of carboxylic acid groups (broad SMARTS) is 2. The van der Waals surface area contributed by atoms with Gasteiger partial charge in [0, 0.05) is 30.8 Å². The zero-order valence-corrected chi connectivity index (χ0v) is 20.1. The Hall–Kier alpha value is -3.98. The molecule has 1 fully saturated rings. The van der Waals surface area contributed by atoms with E-state index in [-0.39, 0.29) is 11.7 Å². The topological polar surface area (TPSA) is 124 Å². The first-order chi connectivity index (χ1) is 17.3. The van der Waals surface area contributed by atoms with Crippen LogP contribution < -0.4 is 4.74 Å². The number of hydrogen-bond donors (Lipinski definition) is 2. The predicted octanol–water partition coefficient (Wildman–Crippen LogP) is 2.96. The molecular weight excluding hydrogens is 464 g/mol. The average Bonchev–Trinajstić information content (AvgIpc) is 3.19. The molecule has 9 nitrogen and oxygen atoms in total. The highest BCUT2D eigenvalue weighted by Gasteiger charge is 2.30. The van der Waals surface area contributed by atoms with Crippen molar-refractivity contribution in [3.8, 4) is 5.75 Å². The summed E-state index contributed by atoms with van der Waals surface area (Å²) in [6.07, 6.45) is 3.14. The number of ether oxygens (including phenoxy) is 1. The summed E-state index contributed by atoms with van der Waals surface area (Å²) >= 11 is 0. The van der Waals surface area contributed by atoms with Gasteiger partial charge in [-0.2, -0.15) is 0 Å². The second-order valence-corrected chi connectivity index (χ2v) is 8.70. The molecule has 9 heteroatoms. The first-order valence-corrected chi connectivity index (χ1v) is 11.7. The number of ketones is 1. The summed E-state index contributed by atoms with van der Waals surface area (Å²) in [7, 11) is 1.59. The van der Waals surface area contributed by atoms with Gasteiger partial charge in [0.15, 0.2) is 5.78 Å². The van der Waals surface area contributed by atoms with Gasteiger partial charge in [0.2, 0.25) is 0 Å². The first kappa shape index (κ1) is 26.6. The van der Waals surface area contributed by atoms with Crippen LogP contribution in [-0.2, 0) is 16.1 Å². The number of carbonyl (C=O) groups excluding carboxylic acids is 2. The van der Waals surface area contributed by atoms with Crippen LogP contribution in [0.3, 0.4) is 0 Å². The summed E-state index contributed by atoms with van der Waals surface area (Å²) in [5, 5.41) is 15.6. The Balaban J connectivity index is 0.000000392. The number of nitrogens with zero attached hydrogens (tertiary/aromatic N) is 2. The van der Waals surface area contributed by atoms with Crippen molar-refractivity contribution in [1.82, 2.24) is 9.80 Å². The van der Waals surface area contributed by atoms with E-state index in [1.165, 1.54) is 0 Å². The molecule has 0 unspecified atom stereocenters. The Morgan fingerprint density at radius 2 is 1.58 bits per heavy atom. The van der Waals surface area contributed by atoms with Crippen LogP contribution in [0.25, 0.3) is 0 Å². The highest BCUT2D eigenvalue weighted by Crippen LogP contribution is 2.26. The van der Waals surface area contributed by atoms with Gasteiger partial charge in [-0.15, -0.1) is 0 Å². The number of likely N-dealkylation sites (tertiary alicyclic amines) is 1. The Morgan fingerprint density at radius 1 is 0.972 bits per heavy atom. The van der Waals surface area contributed by atoms with Crippen molar-refractivity contribution in [1.29, 1.82) is 0 Å². The number of carbonyl (C=O) groups is 4. The summed E-state index contributed by atoms with van der Waals surface area (Å²) in [5.41, 5.74) is 2.63. The molecule has 36 heavy (non-hydrogen) atoms. The summed E-state index contributed by atoms with van der Waals surface area (Å²) < 4.78 is 5.31. The SMILES string of the molecule is COc1ccccc1C(=O)CN1CCC(CN2Cc3ccccc3C2=O)CC1.O=C(O)C=CC(=O)O. The summed E-state index contributed by atoms with van der Waals surface area (Å²) in [6, 6.07) is 15.3. The zero-order valence-electron chi connectivity index (χ0n) is 20.1. The van der Waals surface area contributed by atoms with Crippen molar-refractivity contribution < 1.29 is 34.1 Å². The third-order valence-electron chi connectivity index (χ3n) is 6.23. The molecule has 0 aliphatic carbocycles. The Labute approximate surface area is 209 Å². The minimum absolute atomic E-state index is 0.0982. The number of amides is 1. The van der Waals surface area contributed by atoms with Gasteiger partial charge in [-0.3, -0.25) is 14.5 Å². The van der Waals surface area contributed by atoms with Crippen molar-refractivity contribution in [2.24, 2.45) is 5.92 Å². The third-order valence-corrected chi connectivity index (χ3v) is 6.23. The largest absolute Gasteiger partial charge is 0.496 e. The van der Waals surface area contributed by atoms with Gasteiger partial charge in [-0.05, 0) is 55.6 Å². The Morgan fingerprint density at radius 3 is 2.19 bits per heavy atom. The molecule has 2 aliphatic rings. The second kappa shape index (κ2) is 12.6. The van der Waals surface area contributed by atoms with Crippen LogP contribution in [0.2, 0.25) is 0 Å². The highest BCUT2D eigenvalue weighted by molar-refractivity contribution is 6.00. The standard InChI is InChI=1S/C23H26N2O3.C4H4O4/c1-28-22-9-5-4-8-20(22)21(26)16-24-12-10-17(11-13-24)14-25-15-18-6-2-3-7-19(18)23(25)27;5-3(6)1-2-4(7)8/h2-9,17H,10-16H2,1H3;1-2H,(H,5,6)(H,7,8). The molecule has 190 valence electrons. The van der Waals surface area contributed by atoms with Gasteiger partial charge in [0.25, 0.3) is 5.91 Å². The van der Waals surface area contributed by atoms with E-state index in [1.54, 1.807) is 7.11 Å². The lowest BCUT2D eigenvalue weighted by atomic mass is 9.95. The number of hydrogen-bond acceptors (Lipinski definition) is 6. The van der Waals surface area contributed by atoms with E-state index in [0.29, 0.717) is 35.9 Å². The summed E-state index contributed by atoms with van der Waals surface area (Å²) in [5.74, 6) is -1.13. The molecule has 4 rings (SSSR count). The average molecular weight is 495 g/mol. The van der Waals surface area contributed by atoms with Crippen molar-refractivity contribution in [2.75, 3.05) is 33.3 Å². The fourth-order valence-electron chi connectivity index (χ4n) is 4.41. The minimum atomic E-state index is -1.26. The van der Waals surface area contributed by atoms with Crippen molar-refractivity contribution in [3.05, 3.63) is 77.4 Å². The van der Waals surface area contributed by atoms with E-state index in [0.717, 1.165) is 50.1 Å². The molecule has 2 aromatic rings. The molecule has 1 saturated heterocycles. The van der Waals surface area contributed by atoms with Gasteiger partial charge in [-0.1, -0.05) is 30.3 Å². The van der Waals surface area contributed by atoms with Crippen LogP contribution in [-0.4, -0.2) is 76.9 Å². The van der Waals surface area contributed by atoms with Gasteiger partial charge in [0.05, 0.1) is 19.2 Å². The van der Waals surface area contributed by atoms with Gasteiger partial charge in [-0.25, -0.2) is 9.59 Å². The molecule has 0 bridgehead atoms. The molecular formula is C27H30N2O7. The number of aliphatic carboxylic acids is 2. The maximum atomic E-state index is 12.6. The molecule has 0 radical (unpaired) electrons. The van der Waals surface area contributed by atoms with E-state index in [9.17, 15) is 19.2 Å². The smallest absolute Gasteiger partial charge is 0.328 e. The number of rotatable bonds is 8. The Bertz CT molecular complexity index is 1120. The van der Waals surface area contributed by atoms with E-state index in [4.69, 9.17) is 14.9 Å². The molecule has 2 N–H and O–H groups in total. The van der Waals surface area contributed by atoms with E-state index < -0.39 is 11.9 Å². The fourth-order valence-corrected chi connectivity index (χ4v) is 4.41. The molecule has 0 spiro atoms. The van der Waals surface area contributed by atoms with Crippen LogP contribution in [0.1, 0.15) is 39.1 Å². The zero-order chi connectivity index (χ0) is 26.1. The minimum Gasteiger partial charge on any atom is -0.496 e. The van der Waals surface area contributed by atoms with Gasteiger partial charge < -0.3 is 19.8 Å². The highest BCUT2D eigenvalue weighted by atomic mass is 16.5. The van der Waals surface area contributed by atoms with Crippen LogP contribution in [0.4, 0.5) is 0 Å². The van der Waals surface area contributed by atoms with Crippen LogP contribution >= 0.6 is 0 Å². The van der Waals surface area contributed by atoms with Crippen LogP contribution in [0.15, 0.2) is 60.7 Å². The van der Waals surface area contributed by atoms with Gasteiger partial charge in [0.1, 0.15) is 5.75 Å². The van der Waals surface area contributed by atoms with Gasteiger partial charge >= 0.3 is 11.9 Å². The van der Waals surface area contributed by atoms with Crippen molar-refractivity contribution >= 4 is 23.6 Å². The monoisotopic (exact) mass is 494 g/mol. The maximum absolute atomic E-state index is 12.6.